The van der Waals surface area contributed by atoms with E-state index in [1.165, 1.54) is 92.6 Å². The number of thioether (sulfide) groups is 1. The average molecular weight is 1470 g/mol. The summed E-state index contributed by atoms with van der Waals surface area (Å²) in [5.74, 6) is -9.92. The van der Waals surface area contributed by atoms with Crippen LogP contribution in [0, 0.1) is 41.4 Å². The highest BCUT2D eigenvalue weighted by Crippen LogP contribution is 2.28. The van der Waals surface area contributed by atoms with Gasteiger partial charge >= 0.3 is 6.09 Å². The SMILES string of the molecule is CC[C@@H]1NC(=O)[C@H]([C@H](O)[C@H](C)CCCCCCNC(=O)OC(C)(C)C)N(C)C(=O)[C@H](C(C)C)N(C)C(=O)[C@H](CC(C)C)N(C)C(=O)[C@H](CC(C)C)N(C)C(=O)[C@H](C)NC(=O)[C@@H](C)NC(=O)[C@@H](CC(C)C)N(C)C(=O)[C@@H](C(C)C)NC(=O)[C@H](CC(C)C)N(C)C(=O)[C@@H](SCCCCCO)N(C)C1=O. The van der Waals surface area contributed by atoms with Crippen LogP contribution in [0.3, 0.4) is 0 Å². The Kier molecular flexibility index (Phi) is 40.9. The van der Waals surface area contributed by atoms with Gasteiger partial charge in [0.2, 0.25) is 59.1 Å². The van der Waals surface area contributed by atoms with Crippen molar-refractivity contribution in [2.75, 3.05) is 68.2 Å². The third-order valence-corrected chi connectivity index (χ3v) is 20.1. The Morgan fingerprint density at radius 3 is 1.40 bits per heavy atom. The Balaban J connectivity index is 4.49. The molecule has 12 amide bonds. The minimum absolute atomic E-state index is 0.0346. The lowest BCUT2D eigenvalue weighted by Crippen LogP contribution is -2.64. The summed E-state index contributed by atoms with van der Waals surface area (Å²) in [5, 5.41) is 34.9. The summed E-state index contributed by atoms with van der Waals surface area (Å²) in [6.07, 6.45) is 2.96. The van der Waals surface area contributed by atoms with Crippen molar-refractivity contribution < 1.29 is 72.5 Å². The summed E-state index contributed by atoms with van der Waals surface area (Å²) in [4.78, 5) is 186. The summed E-state index contributed by atoms with van der Waals surface area (Å²) in [7, 11) is 9.98. The molecule has 0 aromatic carbocycles. The molecule has 28 heteroatoms. The number of rotatable bonds is 26. The number of aliphatic hydroxyl groups excluding tert-OH is 2. The number of unbranched alkanes of at least 4 members (excludes halogenated alkanes) is 5. The van der Waals surface area contributed by atoms with Crippen LogP contribution in [-0.4, -0.2) is 261 Å². The Labute approximate surface area is 615 Å². The maximum atomic E-state index is 15.6. The van der Waals surface area contributed by atoms with Gasteiger partial charge in [0.15, 0.2) is 5.37 Å². The van der Waals surface area contributed by atoms with E-state index in [-0.39, 0.29) is 62.4 Å². The zero-order valence-corrected chi connectivity index (χ0v) is 67.8. The summed E-state index contributed by atoms with van der Waals surface area (Å²) in [6, 6.07) is -12.9. The molecule has 0 radical (unpaired) electrons. The van der Waals surface area contributed by atoms with Gasteiger partial charge in [-0.25, -0.2) is 4.79 Å². The Bertz CT molecular complexity index is 2730. The van der Waals surface area contributed by atoms with Gasteiger partial charge in [0, 0.05) is 62.5 Å². The van der Waals surface area contributed by atoms with E-state index in [2.05, 4.69) is 26.6 Å². The molecular weight excluding hydrogens is 1330 g/mol. The van der Waals surface area contributed by atoms with Gasteiger partial charge in [-0.1, -0.05) is 123 Å². The van der Waals surface area contributed by atoms with E-state index in [1.54, 1.807) is 62.3 Å². The van der Waals surface area contributed by atoms with Gasteiger partial charge in [0.1, 0.15) is 66.0 Å². The van der Waals surface area contributed by atoms with Crippen LogP contribution in [0.5, 0.6) is 0 Å². The highest BCUT2D eigenvalue weighted by Gasteiger charge is 2.47. The molecule has 0 saturated carbocycles. The molecule has 1 aliphatic rings. The second kappa shape index (κ2) is 44.5. The lowest BCUT2D eigenvalue weighted by Gasteiger charge is -2.41. The first-order valence-electron chi connectivity index (χ1n) is 37.2. The lowest BCUT2D eigenvalue weighted by molar-refractivity contribution is -0.157. The fraction of sp³-hybridized carbons (Fsp3) is 0.838. The number of carbonyl (C=O) groups excluding carboxylic acids is 12. The van der Waals surface area contributed by atoms with Crippen molar-refractivity contribution in [2.45, 2.75) is 293 Å². The molecule has 27 nitrogen and oxygen atoms in total. The van der Waals surface area contributed by atoms with Crippen molar-refractivity contribution in [3.63, 3.8) is 0 Å². The van der Waals surface area contributed by atoms with Gasteiger partial charge in [-0.2, -0.15) is 0 Å². The minimum atomic E-state index is -1.68. The van der Waals surface area contributed by atoms with E-state index in [9.17, 15) is 39.0 Å². The first-order valence-corrected chi connectivity index (χ1v) is 38.2. The van der Waals surface area contributed by atoms with E-state index in [0.29, 0.717) is 63.7 Å². The van der Waals surface area contributed by atoms with Crippen molar-refractivity contribution in [3.8, 4) is 0 Å². The molecule has 102 heavy (non-hydrogen) atoms. The number of ether oxygens (including phenoxy) is 1. The number of nitrogens with zero attached hydrogens (tertiary/aromatic N) is 7. The van der Waals surface area contributed by atoms with Gasteiger partial charge in [-0.05, 0) is 140 Å². The zero-order valence-electron chi connectivity index (χ0n) is 67.0. The topological polar surface area (TPSA) is 337 Å². The smallest absolute Gasteiger partial charge is 0.407 e. The monoisotopic (exact) mass is 1460 g/mol. The maximum absolute atomic E-state index is 15.6. The lowest BCUT2D eigenvalue weighted by atomic mass is 9.90. The van der Waals surface area contributed by atoms with E-state index in [1.807, 2.05) is 55.4 Å². The normalized spacial score (nSPS) is 25.1. The Morgan fingerprint density at radius 2 is 0.922 bits per heavy atom. The molecule has 0 unspecified atom stereocenters. The number of carbonyl (C=O) groups is 12. The number of alkyl carbamates (subject to hydrolysis) is 1. The molecule has 0 bridgehead atoms. The van der Waals surface area contributed by atoms with E-state index in [4.69, 9.17) is 4.74 Å². The van der Waals surface area contributed by atoms with Crippen molar-refractivity contribution in [1.29, 1.82) is 0 Å². The predicted molar refractivity (Wildman–Crippen MR) is 399 cm³/mol. The number of likely N-dealkylation sites (N-methyl/N-ethyl adjacent to an activating group) is 7. The van der Waals surface area contributed by atoms with Crippen molar-refractivity contribution in [3.05, 3.63) is 0 Å². The van der Waals surface area contributed by atoms with Gasteiger partial charge in [-0.15, -0.1) is 11.8 Å². The Hall–Kier alpha value is -6.29. The van der Waals surface area contributed by atoms with Crippen LogP contribution < -0.4 is 26.6 Å². The highest BCUT2D eigenvalue weighted by molar-refractivity contribution is 8.00. The molecule has 13 atom stereocenters. The van der Waals surface area contributed by atoms with Crippen LogP contribution in [0.4, 0.5) is 4.79 Å². The third-order valence-electron chi connectivity index (χ3n) is 18.8. The van der Waals surface area contributed by atoms with Crippen molar-refractivity contribution in [1.82, 2.24) is 60.9 Å². The van der Waals surface area contributed by atoms with Crippen LogP contribution >= 0.6 is 11.8 Å². The molecule has 0 spiro atoms. The number of nitrogens with one attached hydrogen (secondary N) is 5. The summed E-state index contributed by atoms with van der Waals surface area (Å²) >= 11 is 1.13. The van der Waals surface area contributed by atoms with Crippen LogP contribution in [-0.2, 0) is 57.5 Å². The second-order valence-electron chi connectivity index (χ2n) is 31.6. The first-order chi connectivity index (χ1) is 47.2. The molecule has 0 aliphatic carbocycles. The molecule has 7 N–H and O–H groups in total. The van der Waals surface area contributed by atoms with E-state index < -0.39 is 166 Å². The molecule has 1 saturated heterocycles. The maximum Gasteiger partial charge on any atom is 0.407 e. The number of aliphatic hydroxyl groups is 2. The van der Waals surface area contributed by atoms with Crippen molar-refractivity contribution >= 4 is 82.8 Å². The molecule has 1 fully saturated rings. The van der Waals surface area contributed by atoms with Crippen molar-refractivity contribution in [2.24, 2.45) is 41.4 Å². The van der Waals surface area contributed by atoms with Crippen LogP contribution in [0.15, 0.2) is 0 Å². The van der Waals surface area contributed by atoms with Crippen LogP contribution in [0.2, 0.25) is 0 Å². The molecule has 1 rings (SSSR count). The third kappa shape index (κ3) is 29.3. The quantitative estimate of drug-likeness (QED) is 0.0488. The minimum Gasteiger partial charge on any atom is -0.444 e. The van der Waals surface area contributed by atoms with E-state index >= 15 is 28.8 Å². The first kappa shape index (κ1) is 93.7. The number of amides is 12. The van der Waals surface area contributed by atoms with Gasteiger partial charge in [0.25, 0.3) is 5.91 Å². The van der Waals surface area contributed by atoms with Crippen LogP contribution in [0.1, 0.15) is 215 Å². The average Bonchev–Trinajstić information content (AvgIpc) is 0.827. The number of hydrogen-bond donors (Lipinski definition) is 7. The van der Waals surface area contributed by atoms with Gasteiger partial charge in [0.05, 0.1) is 6.10 Å². The zero-order chi connectivity index (χ0) is 78.7. The molecule has 1 aliphatic heterocycles. The predicted octanol–water partition coefficient (Wildman–Crippen LogP) is 6.00. The fourth-order valence-electron chi connectivity index (χ4n) is 12.6. The summed E-state index contributed by atoms with van der Waals surface area (Å²) in [5.41, 5.74) is -0.661. The Morgan fingerprint density at radius 1 is 0.480 bits per heavy atom. The van der Waals surface area contributed by atoms with E-state index in [0.717, 1.165) is 16.7 Å². The summed E-state index contributed by atoms with van der Waals surface area (Å²) < 4.78 is 5.36. The van der Waals surface area contributed by atoms with Crippen LogP contribution in [0.25, 0.3) is 0 Å². The number of hydrogen-bond acceptors (Lipinski definition) is 16. The molecular formula is C74H136N12O15S. The largest absolute Gasteiger partial charge is 0.444 e. The molecule has 588 valence electrons. The van der Waals surface area contributed by atoms with Gasteiger partial charge in [-0.3, -0.25) is 52.7 Å². The molecule has 1 heterocycles. The fourth-order valence-corrected chi connectivity index (χ4v) is 13.8. The highest BCUT2D eigenvalue weighted by atomic mass is 32.2. The molecule has 0 aromatic rings. The van der Waals surface area contributed by atoms with Gasteiger partial charge < -0.3 is 75.8 Å². The molecule has 0 aromatic heterocycles. The standard InChI is InChI=1S/C74H136N12O15S/c1-27-52-66(94)86(26)72(102-38-34-30-33-37-87)71(99)81(21)54(40-44(4)5)63(91)79-57(47(10)11)69(97)80(20)53(39-43(2)3)62(90)76-50(15)61(89)77-51(16)65(93)82(22)55(41-45(6)7)67(95)83(23)56(42-46(8)9)68(96)84(24)58(48(12)13)70(98)85(25)59(64(92)78-52)60(88)49(14)35-31-28-29-32-36-75-73(100)101-74(17,18)19/h43-60,72,87-88H,27-42H2,1-26H3,(H,75,100)(H,76,90)(H,77,89)(H,78,92)(H,79,91)/t49-,50-,51+,52+,53-,54+,55+,56+,57-,58+,59+,60-,72-/m1/s1. The summed E-state index contributed by atoms with van der Waals surface area (Å²) in [6.45, 7) is 33.7. The second-order valence-corrected chi connectivity index (χ2v) is 32.8.